The molecule has 0 bridgehead atoms. The van der Waals surface area contributed by atoms with Crippen molar-refractivity contribution in [2.24, 2.45) is 12.8 Å². The van der Waals surface area contributed by atoms with Gasteiger partial charge in [-0.3, -0.25) is 4.68 Å². The highest BCUT2D eigenvalue weighted by atomic mass is 32.2. The molecular weight excluding hydrogens is 222 g/mol. The Balaban J connectivity index is 2.06. The third kappa shape index (κ3) is 2.59. The van der Waals surface area contributed by atoms with Gasteiger partial charge in [0.05, 0.1) is 24.7 Å². The fourth-order valence-electron chi connectivity index (χ4n) is 1.73. The van der Waals surface area contributed by atoms with Gasteiger partial charge in [0.15, 0.2) is 0 Å². The minimum atomic E-state index is 0.190. The van der Waals surface area contributed by atoms with Crippen molar-refractivity contribution in [1.82, 2.24) is 9.78 Å². The molecule has 1 fully saturated rings. The van der Waals surface area contributed by atoms with Crippen molar-refractivity contribution >= 4 is 11.8 Å². The zero-order valence-electron chi connectivity index (χ0n) is 9.80. The third-order valence-electron chi connectivity index (χ3n) is 2.86. The maximum Gasteiger partial charge on any atom is 0.0608 e. The van der Waals surface area contributed by atoms with E-state index in [2.05, 4.69) is 18.2 Å². The van der Waals surface area contributed by atoms with Crippen molar-refractivity contribution in [3.8, 4) is 0 Å². The molecule has 5 heteroatoms. The topological polar surface area (TPSA) is 53.1 Å². The van der Waals surface area contributed by atoms with Crippen LogP contribution in [0.15, 0.2) is 12.4 Å². The van der Waals surface area contributed by atoms with Crippen LogP contribution in [0.4, 0.5) is 0 Å². The first-order chi connectivity index (χ1) is 7.70. The molecule has 0 radical (unpaired) electrons. The second kappa shape index (κ2) is 5.21. The van der Waals surface area contributed by atoms with Crippen LogP contribution in [-0.2, 0) is 11.8 Å². The molecule has 2 heterocycles. The summed E-state index contributed by atoms with van der Waals surface area (Å²) in [6.07, 6.45) is 4.97. The van der Waals surface area contributed by atoms with Crippen LogP contribution < -0.4 is 5.73 Å². The van der Waals surface area contributed by atoms with Crippen molar-refractivity contribution in [1.29, 1.82) is 0 Å². The third-order valence-corrected chi connectivity index (χ3v) is 4.43. The quantitative estimate of drug-likeness (QED) is 0.845. The minimum absolute atomic E-state index is 0.190. The zero-order chi connectivity index (χ0) is 11.5. The van der Waals surface area contributed by atoms with Gasteiger partial charge >= 0.3 is 0 Å². The van der Waals surface area contributed by atoms with E-state index in [4.69, 9.17) is 10.5 Å². The SMILES string of the molecule is CCC(N)C(SC1COC1)c1cnn(C)c1. The first-order valence-corrected chi connectivity index (χ1v) is 6.62. The Bertz CT molecular complexity index is 338. The average Bonchev–Trinajstić information content (AvgIpc) is 2.62. The highest BCUT2D eigenvalue weighted by Crippen LogP contribution is 2.37. The molecule has 1 aliphatic heterocycles. The molecule has 1 aliphatic rings. The van der Waals surface area contributed by atoms with E-state index < -0.39 is 0 Å². The van der Waals surface area contributed by atoms with Gasteiger partial charge < -0.3 is 10.5 Å². The second-order valence-electron chi connectivity index (χ2n) is 4.24. The molecule has 0 amide bonds. The van der Waals surface area contributed by atoms with Crippen LogP contribution in [0.25, 0.3) is 0 Å². The van der Waals surface area contributed by atoms with E-state index in [1.165, 1.54) is 5.56 Å². The van der Waals surface area contributed by atoms with Gasteiger partial charge in [-0.05, 0) is 6.42 Å². The zero-order valence-corrected chi connectivity index (χ0v) is 10.6. The summed E-state index contributed by atoms with van der Waals surface area (Å²) in [4.78, 5) is 0. The van der Waals surface area contributed by atoms with Gasteiger partial charge in [-0.2, -0.15) is 5.10 Å². The summed E-state index contributed by atoms with van der Waals surface area (Å²) in [5.74, 6) is 0. The molecule has 2 rings (SSSR count). The van der Waals surface area contributed by atoms with Crippen LogP contribution in [0.3, 0.4) is 0 Å². The molecule has 0 aliphatic carbocycles. The van der Waals surface area contributed by atoms with Gasteiger partial charge in [0.1, 0.15) is 0 Å². The molecule has 0 spiro atoms. The number of nitrogens with two attached hydrogens (primary N) is 1. The molecule has 1 aromatic heterocycles. The van der Waals surface area contributed by atoms with Crippen LogP contribution in [0.1, 0.15) is 24.2 Å². The summed E-state index contributed by atoms with van der Waals surface area (Å²) < 4.78 is 7.04. The molecule has 90 valence electrons. The summed E-state index contributed by atoms with van der Waals surface area (Å²) in [5, 5.41) is 5.16. The highest BCUT2D eigenvalue weighted by molar-refractivity contribution is 8.00. The Morgan fingerprint density at radius 1 is 1.69 bits per heavy atom. The van der Waals surface area contributed by atoms with Crippen LogP contribution in [0, 0.1) is 0 Å². The Kier molecular flexibility index (Phi) is 3.89. The van der Waals surface area contributed by atoms with Gasteiger partial charge in [-0.15, -0.1) is 11.8 Å². The van der Waals surface area contributed by atoms with Crippen molar-refractivity contribution in [3.63, 3.8) is 0 Å². The van der Waals surface area contributed by atoms with E-state index in [0.717, 1.165) is 19.6 Å². The maximum atomic E-state index is 6.19. The van der Waals surface area contributed by atoms with E-state index in [0.29, 0.717) is 10.5 Å². The van der Waals surface area contributed by atoms with E-state index >= 15 is 0 Å². The smallest absolute Gasteiger partial charge is 0.0608 e. The largest absolute Gasteiger partial charge is 0.379 e. The Hall–Kier alpha value is -0.520. The molecule has 0 aromatic carbocycles. The first-order valence-electron chi connectivity index (χ1n) is 5.68. The summed E-state index contributed by atoms with van der Waals surface area (Å²) in [7, 11) is 1.94. The molecular formula is C11H19N3OS. The number of aromatic nitrogens is 2. The first kappa shape index (κ1) is 12.0. The van der Waals surface area contributed by atoms with Gasteiger partial charge in [-0.25, -0.2) is 0 Å². The van der Waals surface area contributed by atoms with E-state index in [-0.39, 0.29) is 6.04 Å². The number of rotatable bonds is 5. The summed E-state index contributed by atoms with van der Waals surface area (Å²) in [6.45, 7) is 3.85. The number of ether oxygens (including phenoxy) is 1. The van der Waals surface area contributed by atoms with Crippen molar-refractivity contribution in [2.45, 2.75) is 29.9 Å². The van der Waals surface area contributed by atoms with Gasteiger partial charge in [-0.1, -0.05) is 6.92 Å². The number of thioether (sulfide) groups is 1. The lowest BCUT2D eigenvalue weighted by Crippen LogP contribution is -2.34. The second-order valence-corrected chi connectivity index (χ2v) is 5.68. The normalized spacial score (nSPS) is 20.4. The number of nitrogens with zero attached hydrogens (tertiary/aromatic N) is 2. The monoisotopic (exact) mass is 241 g/mol. The fourth-order valence-corrected chi connectivity index (χ4v) is 3.17. The molecule has 4 nitrogen and oxygen atoms in total. The van der Waals surface area contributed by atoms with Gasteiger partial charge in [0.25, 0.3) is 0 Å². The summed E-state index contributed by atoms with van der Waals surface area (Å²) in [6, 6.07) is 0.190. The maximum absolute atomic E-state index is 6.19. The predicted molar refractivity (Wildman–Crippen MR) is 66.4 cm³/mol. The number of hydrogen-bond acceptors (Lipinski definition) is 4. The van der Waals surface area contributed by atoms with Crippen LogP contribution in [-0.4, -0.2) is 34.3 Å². The van der Waals surface area contributed by atoms with Crippen molar-refractivity contribution < 1.29 is 4.74 Å². The predicted octanol–water partition coefficient (Wildman–Crippen LogP) is 1.33. The summed E-state index contributed by atoms with van der Waals surface area (Å²) in [5.41, 5.74) is 7.42. The van der Waals surface area contributed by atoms with Crippen LogP contribution in [0.5, 0.6) is 0 Å². The molecule has 2 N–H and O–H groups in total. The van der Waals surface area contributed by atoms with E-state index in [9.17, 15) is 0 Å². The van der Waals surface area contributed by atoms with E-state index in [1.807, 2.05) is 29.7 Å². The Morgan fingerprint density at radius 2 is 2.44 bits per heavy atom. The minimum Gasteiger partial charge on any atom is -0.379 e. The van der Waals surface area contributed by atoms with Crippen LogP contribution >= 0.6 is 11.8 Å². The molecule has 1 aromatic rings. The molecule has 16 heavy (non-hydrogen) atoms. The number of hydrogen-bond donors (Lipinski definition) is 1. The summed E-state index contributed by atoms with van der Waals surface area (Å²) >= 11 is 1.93. The molecule has 1 saturated heterocycles. The molecule has 0 saturated carbocycles. The van der Waals surface area contributed by atoms with E-state index in [1.54, 1.807) is 0 Å². The standard InChI is InChI=1S/C11H19N3OS/c1-3-10(12)11(16-9-6-15-7-9)8-4-13-14(2)5-8/h4-5,9-11H,3,6-7,12H2,1-2H3. The van der Waals surface area contributed by atoms with Gasteiger partial charge in [0.2, 0.25) is 0 Å². The number of aryl methyl sites for hydroxylation is 1. The Labute approximate surface area is 101 Å². The lowest BCUT2D eigenvalue weighted by atomic mass is 10.1. The van der Waals surface area contributed by atoms with Gasteiger partial charge in [0, 0.05) is 30.1 Å². The lowest BCUT2D eigenvalue weighted by Gasteiger charge is -2.31. The molecule has 2 atom stereocenters. The van der Waals surface area contributed by atoms with Crippen molar-refractivity contribution in [3.05, 3.63) is 18.0 Å². The lowest BCUT2D eigenvalue weighted by molar-refractivity contribution is 0.0452. The molecule has 2 unspecified atom stereocenters. The average molecular weight is 241 g/mol. The van der Waals surface area contributed by atoms with Crippen LogP contribution in [0.2, 0.25) is 0 Å². The Morgan fingerprint density at radius 3 is 2.88 bits per heavy atom. The highest BCUT2D eigenvalue weighted by Gasteiger charge is 2.28. The van der Waals surface area contributed by atoms with Crippen molar-refractivity contribution in [2.75, 3.05) is 13.2 Å². The fraction of sp³-hybridized carbons (Fsp3) is 0.727.